The second-order valence-corrected chi connectivity index (χ2v) is 5.17. The molecule has 0 aromatic heterocycles. The number of nitrogens with two attached hydrogens (primary N) is 1. The number of urea groups is 1. The molecule has 1 unspecified atom stereocenters. The molecule has 2 rings (SSSR count). The number of halogens is 1. The summed E-state index contributed by atoms with van der Waals surface area (Å²) in [5, 5.41) is 5.85. The fourth-order valence-corrected chi connectivity index (χ4v) is 2.26. The summed E-state index contributed by atoms with van der Waals surface area (Å²) in [5.41, 5.74) is 6.59. The van der Waals surface area contributed by atoms with E-state index in [1.54, 1.807) is 24.3 Å². The fraction of sp³-hybridized carbons (Fsp3) is 0.125. The second-order valence-electron chi connectivity index (χ2n) is 4.73. The summed E-state index contributed by atoms with van der Waals surface area (Å²) in [6, 6.07) is 14.9. The van der Waals surface area contributed by atoms with Crippen LogP contribution in [0.25, 0.3) is 0 Å². The van der Waals surface area contributed by atoms with E-state index in [-0.39, 0.29) is 12.3 Å². The molecule has 2 aromatic carbocycles. The van der Waals surface area contributed by atoms with E-state index in [0.29, 0.717) is 10.7 Å². The quantitative estimate of drug-likeness (QED) is 0.791. The average molecular weight is 318 g/mol. The highest BCUT2D eigenvalue weighted by Gasteiger charge is 2.17. The molecule has 22 heavy (non-hydrogen) atoms. The number of hydrogen-bond acceptors (Lipinski definition) is 2. The number of nitrogens with one attached hydrogen (secondary N) is 2. The third-order valence-corrected chi connectivity index (χ3v) is 3.25. The molecule has 0 aliphatic carbocycles. The van der Waals surface area contributed by atoms with Crippen molar-refractivity contribution in [3.8, 4) is 0 Å². The van der Waals surface area contributed by atoms with Gasteiger partial charge in [0.15, 0.2) is 0 Å². The third-order valence-electron chi connectivity index (χ3n) is 3.02. The molecule has 0 aliphatic rings. The van der Waals surface area contributed by atoms with Gasteiger partial charge in [-0.05, 0) is 23.8 Å². The Labute approximate surface area is 133 Å². The molecule has 4 N–H and O–H groups in total. The van der Waals surface area contributed by atoms with Gasteiger partial charge in [0.2, 0.25) is 5.91 Å². The first-order valence-electron chi connectivity index (χ1n) is 6.71. The molecule has 5 nitrogen and oxygen atoms in total. The van der Waals surface area contributed by atoms with Crippen LogP contribution < -0.4 is 16.4 Å². The van der Waals surface area contributed by atoms with Gasteiger partial charge in [-0.2, -0.15) is 0 Å². The molecule has 0 bridgehead atoms. The van der Waals surface area contributed by atoms with Crippen molar-refractivity contribution in [2.45, 2.75) is 12.5 Å². The molecular formula is C16H16ClN3O2. The van der Waals surface area contributed by atoms with Gasteiger partial charge in [0.1, 0.15) is 0 Å². The minimum absolute atomic E-state index is 0.0689. The number of hydrogen-bond donors (Lipinski definition) is 3. The van der Waals surface area contributed by atoms with E-state index in [2.05, 4.69) is 10.6 Å². The predicted octanol–water partition coefficient (Wildman–Crippen LogP) is 3.08. The molecule has 0 heterocycles. The van der Waals surface area contributed by atoms with Crippen LogP contribution in [0.2, 0.25) is 5.02 Å². The van der Waals surface area contributed by atoms with Crippen LogP contribution in [-0.4, -0.2) is 11.9 Å². The maximum absolute atomic E-state index is 12.1. The van der Waals surface area contributed by atoms with Gasteiger partial charge in [0.25, 0.3) is 0 Å². The Kier molecular flexibility index (Phi) is 5.38. The van der Waals surface area contributed by atoms with E-state index in [4.69, 9.17) is 17.3 Å². The molecular weight excluding hydrogens is 302 g/mol. The van der Waals surface area contributed by atoms with Crippen molar-refractivity contribution in [2.24, 2.45) is 5.73 Å². The van der Waals surface area contributed by atoms with Crippen LogP contribution in [-0.2, 0) is 4.79 Å². The van der Waals surface area contributed by atoms with Crippen molar-refractivity contribution < 1.29 is 9.59 Å². The number of primary amides is 1. The highest BCUT2D eigenvalue weighted by Crippen LogP contribution is 2.19. The number of amides is 3. The molecule has 0 fully saturated rings. The minimum Gasteiger partial charge on any atom is -0.352 e. The lowest BCUT2D eigenvalue weighted by atomic mass is 10.0. The van der Waals surface area contributed by atoms with Gasteiger partial charge >= 0.3 is 6.03 Å². The Balaban J connectivity index is 2.06. The van der Waals surface area contributed by atoms with Crippen LogP contribution >= 0.6 is 11.6 Å². The lowest BCUT2D eigenvalue weighted by Gasteiger charge is -2.17. The highest BCUT2D eigenvalue weighted by molar-refractivity contribution is 6.30. The van der Waals surface area contributed by atoms with E-state index >= 15 is 0 Å². The maximum atomic E-state index is 12.1. The van der Waals surface area contributed by atoms with Crippen molar-refractivity contribution in [3.05, 3.63) is 65.2 Å². The zero-order valence-electron chi connectivity index (χ0n) is 11.8. The molecule has 0 saturated carbocycles. The Morgan fingerprint density at radius 3 is 2.45 bits per heavy atom. The SMILES string of the molecule is NC(=O)NC(CC(=O)Nc1cccc(Cl)c1)c1ccccc1. The average Bonchev–Trinajstić information content (AvgIpc) is 2.47. The van der Waals surface area contributed by atoms with Crippen molar-refractivity contribution >= 4 is 29.2 Å². The summed E-state index contributed by atoms with van der Waals surface area (Å²) < 4.78 is 0. The van der Waals surface area contributed by atoms with E-state index < -0.39 is 12.1 Å². The zero-order valence-corrected chi connectivity index (χ0v) is 12.5. The normalized spacial score (nSPS) is 11.5. The molecule has 114 valence electrons. The molecule has 0 radical (unpaired) electrons. The van der Waals surface area contributed by atoms with Crippen LogP contribution in [0, 0.1) is 0 Å². The minimum atomic E-state index is -0.676. The first-order valence-corrected chi connectivity index (χ1v) is 7.09. The summed E-state index contributed by atoms with van der Waals surface area (Å²) in [6.45, 7) is 0. The van der Waals surface area contributed by atoms with Crippen LogP contribution in [0.4, 0.5) is 10.5 Å². The number of benzene rings is 2. The monoisotopic (exact) mass is 317 g/mol. The number of carbonyl (C=O) groups is 2. The Morgan fingerprint density at radius 2 is 1.82 bits per heavy atom. The number of carbonyl (C=O) groups excluding carboxylic acids is 2. The van der Waals surface area contributed by atoms with Gasteiger partial charge in [0.05, 0.1) is 12.5 Å². The summed E-state index contributed by atoms with van der Waals surface area (Å²) in [5.74, 6) is -0.245. The van der Waals surface area contributed by atoms with Gasteiger partial charge < -0.3 is 16.4 Å². The molecule has 2 aromatic rings. The highest BCUT2D eigenvalue weighted by atomic mass is 35.5. The summed E-state index contributed by atoms with van der Waals surface area (Å²) in [7, 11) is 0. The van der Waals surface area contributed by atoms with Crippen molar-refractivity contribution in [3.63, 3.8) is 0 Å². The van der Waals surface area contributed by atoms with Crippen LogP contribution in [0.15, 0.2) is 54.6 Å². The Hall–Kier alpha value is -2.53. The van der Waals surface area contributed by atoms with Crippen molar-refractivity contribution in [1.82, 2.24) is 5.32 Å². The lowest BCUT2D eigenvalue weighted by Crippen LogP contribution is -2.35. The molecule has 0 aliphatic heterocycles. The second kappa shape index (κ2) is 7.47. The van der Waals surface area contributed by atoms with E-state index in [1.807, 2.05) is 30.3 Å². The zero-order chi connectivity index (χ0) is 15.9. The van der Waals surface area contributed by atoms with Crippen LogP contribution in [0.3, 0.4) is 0 Å². The predicted molar refractivity (Wildman–Crippen MR) is 86.6 cm³/mol. The third kappa shape index (κ3) is 4.79. The molecule has 6 heteroatoms. The van der Waals surface area contributed by atoms with Gasteiger partial charge in [-0.25, -0.2) is 4.79 Å². The molecule has 0 spiro atoms. The number of rotatable bonds is 5. The van der Waals surface area contributed by atoms with E-state index in [9.17, 15) is 9.59 Å². The fourth-order valence-electron chi connectivity index (χ4n) is 2.07. The van der Waals surface area contributed by atoms with Gasteiger partial charge in [-0.1, -0.05) is 48.0 Å². The Bertz CT molecular complexity index is 661. The van der Waals surface area contributed by atoms with Crippen LogP contribution in [0.5, 0.6) is 0 Å². The largest absolute Gasteiger partial charge is 0.352 e. The van der Waals surface area contributed by atoms with Crippen molar-refractivity contribution in [1.29, 1.82) is 0 Å². The standard InChI is InChI=1S/C16H16ClN3O2/c17-12-7-4-8-13(9-12)19-15(21)10-14(20-16(18)22)11-5-2-1-3-6-11/h1-9,14H,10H2,(H,19,21)(H3,18,20,22). The lowest BCUT2D eigenvalue weighted by molar-refractivity contribution is -0.116. The number of anilines is 1. The smallest absolute Gasteiger partial charge is 0.312 e. The summed E-state index contributed by atoms with van der Waals surface area (Å²) >= 11 is 5.87. The van der Waals surface area contributed by atoms with Crippen molar-refractivity contribution in [2.75, 3.05) is 5.32 Å². The summed E-state index contributed by atoms with van der Waals surface area (Å²) in [6.07, 6.45) is 0.0689. The van der Waals surface area contributed by atoms with Crippen LogP contribution in [0.1, 0.15) is 18.0 Å². The maximum Gasteiger partial charge on any atom is 0.312 e. The Morgan fingerprint density at radius 1 is 1.09 bits per heavy atom. The topological polar surface area (TPSA) is 84.2 Å². The van der Waals surface area contributed by atoms with Gasteiger partial charge in [-0.15, -0.1) is 0 Å². The first-order chi connectivity index (χ1) is 10.5. The molecule has 1 atom stereocenters. The molecule has 0 saturated heterocycles. The first kappa shape index (κ1) is 15.9. The van der Waals surface area contributed by atoms with E-state index in [0.717, 1.165) is 5.56 Å². The molecule has 3 amide bonds. The van der Waals surface area contributed by atoms with Gasteiger partial charge in [0, 0.05) is 10.7 Å². The van der Waals surface area contributed by atoms with E-state index in [1.165, 1.54) is 0 Å². The van der Waals surface area contributed by atoms with Gasteiger partial charge in [-0.3, -0.25) is 4.79 Å². The summed E-state index contributed by atoms with van der Waals surface area (Å²) in [4.78, 5) is 23.3.